The molecule has 3 heteroatoms. The Hall–Kier alpha value is -0.860. The topological polar surface area (TPSA) is 46.2 Å². The van der Waals surface area contributed by atoms with Crippen molar-refractivity contribution in [3.05, 3.63) is 0 Å². The number of amides is 1. The van der Waals surface area contributed by atoms with Crippen LogP contribution in [0, 0.1) is 5.92 Å². The Morgan fingerprint density at radius 3 is 2.15 bits per heavy atom. The summed E-state index contributed by atoms with van der Waals surface area (Å²) in [4.78, 5) is 22.1. The van der Waals surface area contributed by atoms with Gasteiger partial charge in [0.2, 0.25) is 5.91 Å². The summed E-state index contributed by atoms with van der Waals surface area (Å²) in [5.41, 5.74) is 0. The van der Waals surface area contributed by atoms with Crippen molar-refractivity contribution in [2.75, 3.05) is 0 Å². The molecule has 0 aromatic heterocycles. The lowest BCUT2D eigenvalue weighted by molar-refractivity contribution is -0.126. The predicted octanol–water partition coefficient (Wildman–Crippen LogP) is 1.27. The highest BCUT2D eigenvalue weighted by Crippen LogP contribution is 2.27. The van der Waals surface area contributed by atoms with Gasteiger partial charge in [-0.25, -0.2) is 0 Å². The molecule has 0 aromatic carbocycles. The molecule has 1 rings (SSSR count). The standard InChI is InChI=1S/C10H17NO2/c1-7(12)10(11-8(2)13)9-5-3-4-6-9/h9-10H,3-6H2,1-2H3,(H,11,13). The molecule has 1 amide bonds. The second kappa shape index (κ2) is 4.40. The first kappa shape index (κ1) is 10.2. The number of hydrogen-bond donors (Lipinski definition) is 1. The minimum Gasteiger partial charge on any atom is -0.346 e. The van der Waals surface area contributed by atoms with Gasteiger partial charge in [0.15, 0.2) is 5.78 Å². The van der Waals surface area contributed by atoms with Crippen molar-refractivity contribution in [2.24, 2.45) is 5.92 Å². The molecule has 0 spiro atoms. The number of carbonyl (C=O) groups is 2. The van der Waals surface area contributed by atoms with Crippen LogP contribution in [0.15, 0.2) is 0 Å². The molecule has 0 aromatic rings. The van der Waals surface area contributed by atoms with Crippen molar-refractivity contribution in [3.63, 3.8) is 0 Å². The zero-order valence-electron chi connectivity index (χ0n) is 8.30. The summed E-state index contributed by atoms with van der Waals surface area (Å²) >= 11 is 0. The molecule has 3 nitrogen and oxygen atoms in total. The average Bonchev–Trinajstić information content (AvgIpc) is 2.50. The molecule has 1 unspecified atom stereocenters. The van der Waals surface area contributed by atoms with E-state index in [0.717, 1.165) is 12.8 Å². The van der Waals surface area contributed by atoms with Crippen LogP contribution in [0.25, 0.3) is 0 Å². The van der Waals surface area contributed by atoms with E-state index in [-0.39, 0.29) is 17.7 Å². The molecule has 1 N–H and O–H groups in total. The van der Waals surface area contributed by atoms with Crippen molar-refractivity contribution in [3.8, 4) is 0 Å². The normalized spacial score (nSPS) is 19.8. The van der Waals surface area contributed by atoms with Gasteiger partial charge in [0, 0.05) is 6.92 Å². The lowest BCUT2D eigenvalue weighted by atomic mass is 9.95. The smallest absolute Gasteiger partial charge is 0.217 e. The van der Waals surface area contributed by atoms with Gasteiger partial charge in [-0.05, 0) is 25.7 Å². The van der Waals surface area contributed by atoms with Crippen molar-refractivity contribution >= 4 is 11.7 Å². The van der Waals surface area contributed by atoms with E-state index < -0.39 is 0 Å². The van der Waals surface area contributed by atoms with E-state index >= 15 is 0 Å². The maximum atomic E-state index is 11.3. The van der Waals surface area contributed by atoms with Crippen LogP contribution in [0.5, 0.6) is 0 Å². The maximum absolute atomic E-state index is 11.3. The molecule has 74 valence electrons. The van der Waals surface area contributed by atoms with Crippen molar-refractivity contribution in [1.29, 1.82) is 0 Å². The van der Waals surface area contributed by atoms with Crippen LogP contribution < -0.4 is 5.32 Å². The summed E-state index contributed by atoms with van der Waals surface area (Å²) in [5, 5.41) is 2.73. The van der Waals surface area contributed by atoms with Crippen molar-refractivity contribution in [2.45, 2.75) is 45.6 Å². The zero-order chi connectivity index (χ0) is 9.84. The highest BCUT2D eigenvalue weighted by Gasteiger charge is 2.28. The van der Waals surface area contributed by atoms with Gasteiger partial charge < -0.3 is 5.32 Å². The number of rotatable bonds is 3. The first-order chi connectivity index (χ1) is 6.11. The fourth-order valence-electron chi connectivity index (χ4n) is 2.06. The Morgan fingerprint density at radius 2 is 1.77 bits per heavy atom. The zero-order valence-corrected chi connectivity index (χ0v) is 8.30. The average molecular weight is 183 g/mol. The summed E-state index contributed by atoms with van der Waals surface area (Å²) in [6.07, 6.45) is 4.52. The number of ketones is 1. The van der Waals surface area contributed by atoms with Gasteiger partial charge >= 0.3 is 0 Å². The van der Waals surface area contributed by atoms with Crippen molar-refractivity contribution < 1.29 is 9.59 Å². The molecule has 0 radical (unpaired) electrons. The highest BCUT2D eigenvalue weighted by molar-refractivity contribution is 5.86. The Morgan fingerprint density at radius 1 is 1.23 bits per heavy atom. The second-order valence-electron chi connectivity index (χ2n) is 3.83. The van der Waals surface area contributed by atoms with E-state index in [9.17, 15) is 9.59 Å². The lowest BCUT2D eigenvalue weighted by Crippen LogP contribution is -2.43. The molecule has 1 aliphatic carbocycles. The highest BCUT2D eigenvalue weighted by atomic mass is 16.2. The Labute approximate surface area is 78.9 Å². The van der Waals surface area contributed by atoms with E-state index in [1.54, 1.807) is 6.92 Å². The van der Waals surface area contributed by atoms with Crippen LogP contribution in [0.2, 0.25) is 0 Å². The molecule has 13 heavy (non-hydrogen) atoms. The van der Waals surface area contributed by atoms with Gasteiger partial charge in [-0.2, -0.15) is 0 Å². The number of Topliss-reactive ketones (excluding diaryl/α,β-unsaturated/α-hetero) is 1. The molecule has 0 bridgehead atoms. The van der Waals surface area contributed by atoms with Gasteiger partial charge in [0.05, 0.1) is 6.04 Å². The van der Waals surface area contributed by atoms with Gasteiger partial charge in [0.1, 0.15) is 0 Å². The fraction of sp³-hybridized carbons (Fsp3) is 0.800. The van der Waals surface area contributed by atoms with Crippen LogP contribution in [-0.2, 0) is 9.59 Å². The van der Waals surface area contributed by atoms with Crippen LogP contribution in [0.4, 0.5) is 0 Å². The Kier molecular flexibility index (Phi) is 3.46. The van der Waals surface area contributed by atoms with E-state index in [1.807, 2.05) is 0 Å². The van der Waals surface area contributed by atoms with Crippen LogP contribution in [0.3, 0.4) is 0 Å². The quantitative estimate of drug-likeness (QED) is 0.716. The minimum absolute atomic E-state index is 0.0853. The molecule has 1 saturated carbocycles. The lowest BCUT2D eigenvalue weighted by Gasteiger charge is -2.21. The molecule has 1 aliphatic rings. The van der Waals surface area contributed by atoms with E-state index in [4.69, 9.17) is 0 Å². The number of hydrogen-bond acceptors (Lipinski definition) is 2. The van der Waals surface area contributed by atoms with E-state index in [2.05, 4.69) is 5.32 Å². The summed E-state index contributed by atoms with van der Waals surface area (Å²) in [7, 11) is 0. The fourth-order valence-corrected chi connectivity index (χ4v) is 2.06. The third kappa shape index (κ3) is 2.83. The molecule has 0 heterocycles. The third-order valence-corrected chi connectivity index (χ3v) is 2.67. The monoisotopic (exact) mass is 183 g/mol. The number of nitrogens with one attached hydrogen (secondary N) is 1. The maximum Gasteiger partial charge on any atom is 0.217 e. The first-order valence-electron chi connectivity index (χ1n) is 4.89. The molecular weight excluding hydrogens is 166 g/mol. The SMILES string of the molecule is CC(=O)NC(C(C)=O)C1CCCC1. The molecule has 1 fully saturated rings. The summed E-state index contributed by atoms with van der Waals surface area (Å²) < 4.78 is 0. The Bertz CT molecular complexity index is 207. The van der Waals surface area contributed by atoms with Crippen LogP contribution in [-0.4, -0.2) is 17.7 Å². The first-order valence-corrected chi connectivity index (χ1v) is 4.89. The summed E-state index contributed by atoms with van der Waals surface area (Å²) in [6, 6.07) is -0.236. The van der Waals surface area contributed by atoms with Gasteiger partial charge in [-0.3, -0.25) is 9.59 Å². The van der Waals surface area contributed by atoms with Gasteiger partial charge in [-0.15, -0.1) is 0 Å². The van der Waals surface area contributed by atoms with Gasteiger partial charge in [0.25, 0.3) is 0 Å². The third-order valence-electron chi connectivity index (χ3n) is 2.67. The van der Waals surface area contributed by atoms with E-state index in [0.29, 0.717) is 5.92 Å². The van der Waals surface area contributed by atoms with Gasteiger partial charge in [-0.1, -0.05) is 12.8 Å². The summed E-state index contributed by atoms with van der Waals surface area (Å²) in [5.74, 6) is 0.357. The van der Waals surface area contributed by atoms with Crippen LogP contribution >= 0.6 is 0 Å². The Balaban J connectivity index is 2.55. The predicted molar refractivity (Wildman–Crippen MR) is 50.2 cm³/mol. The largest absolute Gasteiger partial charge is 0.346 e. The molecule has 1 atom stereocenters. The minimum atomic E-state index is -0.236. The second-order valence-corrected chi connectivity index (χ2v) is 3.83. The molecule has 0 saturated heterocycles. The van der Waals surface area contributed by atoms with Crippen molar-refractivity contribution in [1.82, 2.24) is 5.32 Å². The molecule has 0 aliphatic heterocycles. The van der Waals surface area contributed by atoms with E-state index in [1.165, 1.54) is 19.8 Å². The number of carbonyl (C=O) groups excluding carboxylic acids is 2. The van der Waals surface area contributed by atoms with Crippen LogP contribution in [0.1, 0.15) is 39.5 Å². The molecular formula is C10H17NO2. The summed E-state index contributed by atoms with van der Waals surface area (Å²) in [6.45, 7) is 3.02.